The third kappa shape index (κ3) is 4.37. The predicted octanol–water partition coefficient (Wildman–Crippen LogP) is 3.84. The van der Waals surface area contributed by atoms with E-state index in [0.717, 1.165) is 16.7 Å². The molecule has 0 atom stereocenters. The fourth-order valence-electron chi connectivity index (χ4n) is 2.48. The number of halogens is 1. The Bertz CT molecular complexity index is 992. The number of ether oxygens (including phenoxy) is 1. The van der Waals surface area contributed by atoms with Crippen molar-refractivity contribution < 1.29 is 24.2 Å². The highest BCUT2D eigenvalue weighted by Gasteiger charge is 2.36. The number of para-hydroxylation sites is 1. The topological polar surface area (TPSA) is 95.9 Å². The van der Waals surface area contributed by atoms with Crippen LogP contribution in [0.2, 0.25) is 0 Å². The lowest BCUT2D eigenvalue weighted by atomic mass is 10.2. The molecule has 0 aliphatic carbocycles. The molecule has 3 amide bonds. The van der Waals surface area contributed by atoms with E-state index in [9.17, 15) is 19.5 Å². The zero-order valence-electron chi connectivity index (χ0n) is 14.6. The number of thioether (sulfide) groups is 1. The minimum absolute atomic E-state index is 0.0803. The summed E-state index contributed by atoms with van der Waals surface area (Å²) in [6.45, 7) is -0.392. The Labute approximate surface area is 173 Å². The van der Waals surface area contributed by atoms with Gasteiger partial charge in [0.15, 0.2) is 11.5 Å². The quantitative estimate of drug-likeness (QED) is 0.655. The van der Waals surface area contributed by atoms with Crippen molar-refractivity contribution in [1.29, 1.82) is 0 Å². The van der Waals surface area contributed by atoms with Gasteiger partial charge in [0.1, 0.15) is 6.54 Å². The molecule has 0 aromatic heterocycles. The lowest BCUT2D eigenvalue weighted by Crippen LogP contribution is -2.36. The molecular weight excluding hydrogens is 448 g/mol. The molecule has 2 N–H and O–H groups in total. The van der Waals surface area contributed by atoms with E-state index in [1.807, 2.05) is 0 Å². The van der Waals surface area contributed by atoms with Gasteiger partial charge >= 0.3 is 0 Å². The van der Waals surface area contributed by atoms with E-state index < -0.39 is 23.6 Å². The Hall–Kier alpha value is -2.78. The van der Waals surface area contributed by atoms with Crippen LogP contribution in [0.3, 0.4) is 0 Å². The van der Waals surface area contributed by atoms with Crippen LogP contribution in [0.1, 0.15) is 5.56 Å². The number of imide groups is 1. The Morgan fingerprint density at radius 2 is 2.04 bits per heavy atom. The molecule has 1 saturated heterocycles. The number of methoxy groups -OCH3 is 1. The second-order valence-corrected chi connectivity index (χ2v) is 7.57. The molecule has 28 heavy (non-hydrogen) atoms. The number of benzene rings is 2. The highest BCUT2D eigenvalue weighted by atomic mass is 79.9. The molecule has 1 aliphatic rings. The third-order valence-electron chi connectivity index (χ3n) is 3.82. The van der Waals surface area contributed by atoms with Crippen LogP contribution in [0.4, 0.5) is 10.5 Å². The van der Waals surface area contributed by atoms with E-state index in [0.29, 0.717) is 21.5 Å². The number of phenolic OH excluding ortho intramolecular Hbond substituents is 1. The van der Waals surface area contributed by atoms with Crippen LogP contribution in [0.5, 0.6) is 11.5 Å². The van der Waals surface area contributed by atoms with Gasteiger partial charge in [-0.3, -0.25) is 19.3 Å². The first-order valence-electron chi connectivity index (χ1n) is 8.06. The van der Waals surface area contributed by atoms with E-state index in [4.69, 9.17) is 4.74 Å². The van der Waals surface area contributed by atoms with Gasteiger partial charge in [0.25, 0.3) is 11.1 Å². The van der Waals surface area contributed by atoms with Crippen LogP contribution in [-0.2, 0) is 9.59 Å². The van der Waals surface area contributed by atoms with Crippen molar-refractivity contribution in [3.05, 3.63) is 57.4 Å². The average Bonchev–Trinajstić information content (AvgIpc) is 2.91. The molecule has 1 aliphatic heterocycles. The van der Waals surface area contributed by atoms with Crippen LogP contribution < -0.4 is 10.1 Å². The fraction of sp³-hybridized carbons (Fsp3) is 0.105. The Kier molecular flexibility index (Phi) is 6.05. The molecule has 0 unspecified atom stereocenters. The van der Waals surface area contributed by atoms with Gasteiger partial charge in [-0.1, -0.05) is 18.2 Å². The van der Waals surface area contributed by atoms with Crippen molar-refractivity contribution in [2.75, 3.05) is 19.0 Å². The minimum Gasteiger partial charge on any atom is -0.504 e. The number of carbonyl (C=O) groups excluding carboxylic acids is 3. The molecule has 144 valence electrons. The van der Waals surface area contributed by atoms with Gasteiger partial charge in [-0.25, -0.2) is 0 Å². The van der Waals surface area contributed by atoms with E-state index in [2.05, 4.69) is 21.2 Å². The van der Waals surface area contributed by atoms with Crippen molar-refractivity contribution in [3.63, 3.8) is 0 Å². The molecule has 0 saturated carbocycles. The second-order valence-electron chi connectivity index (χ2n) is 5.73. The third-order valence-corrected chi connectivity index (χ3v) is 5.42. The van der Waals surface area contributed by atoms with Crippen molar-refractivity contribution in [3.8, 4) is 11.5 Å². The molecule has 7 nitrogen and oxygen atoms in total. The highest BCUT2D eigenvalue weighted by molar-refractivity contribution is 9.10. The number of nitrogens with zero attached hydrogens (tertiary/aromatic N) is 1. The van der Waals surface area contributed by atoms with Crippen LogP contribution >= 0.6 is 27.7 Å². The van der Waals surface area contributed by atoms with Gasteiger partial charge in [0.05, 0.1) is 17.7 Å². The smallest absolute Gasteiger partial charge is 0.294 e. The molecule has 0 bridgehead atoms. The highest BCUT2D eigenvalue weighted by Crippen LogP contribution is 2.34. The molecule has 1 heterocycles. The Morgan fingerprint density at radius 3 is 2.71 bits per heavy atom. The summed E-state index contributed by atoms with van der Waals surface area (Å²) >= 11 is 4.06. The van der Waals surface area contributed by atoms with Crippen LogP contribution in [-0.4, -0.2) is 40.7 Å². The average molecular weight is 463 g/mol. The summed E-state index contributed by atoms with van der Waals surface area (Å²) in [5.41, 5.74) is 1.07. The van der Waals surface area contributed by atoms with Gasteiger partial charge in [-0.2, -0.15) is 0 Å². The van der Waals surface area contributed by atoms with E-state index >= 15 is 0 Å². The largest absolute Gasteiger partial charge is 0.504 e. The SMILES string of the molecule is COc1ccc(/C=C2/SC(=O)N(CC(=O)Nc3ccccc3Br)C2=O)cc1O. The Balaban J connectivity index is 1.72. The number of hydrogen-bond acceptors (Lipinski definition) is 6. The van der Waals surface area contributed by atoms with E-state index in [-0.39, 0.29) is 10.7 Å². The normalized spacial score (nSPS) is 15.2. The first-order chi connectivity index (χ1) is 13.4. The maximum Gasteiger partial charge on any atom is 0.294 e. The standard InChI is InChI=1S/C19H15BrN2O5S/c1-27-15-7-6-11(8-14(15)23)9-16-18(25)22(19(26)28-16)10-17(24)21-13-5-3-2-4-12(13)20/h2-9,23H,10H2,1H3,(H,21,24)/b16-9+. The predicted molar refractivity (Wildman–Crippen MR) is 110 cm³/mol. The minimum atomic E-state index is -0.562. The molecule has 9 heteroatoms. The maximum atomic E-state index is 12.5. The molecular formula is C19H15BrN2O5S. The van der Waals surface area contributed by atoms with Gasteiger partial charge in [0.2, 0.25) is 5.91 Å². The van der Waals surface area contributed by atoms with Gasteiger partial charge in [0, 0.05) is 4.47 Å². The van der Waals surface area contributed by atoms with Crippen molar-refractivity contribution in [1.82, 2.24) is 4.90 Å². The van der Waals surface area contributed by atoms with Crippen LogP contribution in [0, 0.1) is 0 Å². The van der Waals surface area contributed by atoms with Gasteiger partial charge < -0.3 is 15.2 Å². The number of anilines is 1. The summed E-state index contributed by atoms with van der Waals surface area (Å²) in [6, 6.07) is 11.6. The summed E-state index contributed by atoms with van der Waals surface area (Å²) in [5.74, 6) is -0.831. The Morgan fingerprint density at radius 1 is 1.29 bits per heavy atom. The summed E-state index contributed by atoms with van der Waals surface area (Å²) in [6.07, 6.45) is 1.48. The number of nitrogens with one attached hydrogen (secondary N) is 1. The molecule has 2 aromatic rings. The first kappa shape index (κ1) is 20.0. The van der Waals surface area contributed by atoms with Crippen molar-refractivity contribution in [2.45, 2.75) is 0 Å². The van der Waals surface area contributed by atoms with Gasteiger partial charge in [-0.05, 0) is 63.6 Å². The molecule has 2 aromatic carbocycles. The summed E-state index contributed by atoms with van der Waals surface area (Å²) in [7, 11) is 1.43. The number of hydrogen-bond donors (Lipinski definition) is 2. The number of amides is 3. The van der Waals surface area contributed by atoms with E-state index in [1.54, 1.807) is 36.4 Å². The molecule has 0 spiro atoms. The number of rotatable bonds is 5. The van der Waals surface area contributed by atoms with Crippen molar-refractivity contribution >= 4 is 56.5 Å². The summed E-state index contributed by atoms with van der Waals surface area (Å²) < 4.78 is 5.66. The summed E-state index contributed by atoms with van der Waals surface area (Å²) in [4.78, 5) is 38.0. The van der Waals surface area contributed by atoms with Crippen molar-refractivity contribution in [2.24, 2.45) is 0 Å². The van der Waals surface area contributed by atoms with Gasteiger partial charge in [-0.15, -0.1) is 0 Å². The maximum absolute atomic E-state index is 12.5. The van der Waals surface area contributed by atoms with E-state index in [1.165, 1.54) is 19.3 Å². The molecule has 0 radical (unpaired) electrons. The number of phenols is 1. The van der Waals surface area contributed by atoms with Crippen LogP contribution in [0.15, 0.2) is 51.8 Å². The molecule has 3 rings (SSSR count). The monoisotopic (exact) mass is 462 g/mol. The number of aromatic hydroxyl groups is 1. The van der Waals surface area contributed by atoms with Crippen LogP contribution in [0.25, 0.3) is 6.08 Å². The lowest BCUT2D eigenvalue weighted by molar-refractivity contribution is -0.127. The number of carbonyl (C=O) groups is 3. The first-order valence-corrected chi connectivity index (χ1v) is 9.66. The zero-order chi connectivity index (χ0) is 20.3. The fourth-order valence-corrected chi connectivity index (χ4v) is 3.70. The second kappa shape index (κ2) is 8.49. The zero-order valence-corrected chi connectivity index (χ0v) is 17.0. The lowest BCUT2D eigenvalue weighted by Gasteiger charge is -2.13. The molecule has 1 fully saturated rings. The summed E-state index contributed by atoms with van der Waals surface area (Å²) in [5, 5.41) is 12.0.